The fourth-order valence-corrected chi connectivity index (χ4v) is 2.06. The zero-order valence-corrected chi connectivity index (χ0v) is 11.2. The first-order valence-electron chi connectivity index (χ1n) is 6.15. The predicted molar refractivity (Wildman–Crippen MR) is 65.3 cm³/mol. The second-order valence-electron chi connectivity index (χ2n) is 6.09. The fourth-order valence-electron chi connectivity index (χ4n) is 2.06. The summed E-state index contributed by atoms with van der Waals surface area (Å²) >= 11 is 0. The average molecular weight is 238 g/mol. The molecule has 0 radical (unpaired) electrons. The van der Waals surface area contributed by atoms with Crippen molar-refractivity contribution in [3.63, 3.8) is 0 Å². The Morgan fingerprint density at radius 3 is 2.35 bits per heavy atom. The molecule has 17 heavy (non-hydrogen) atoms. The van der Waals surface area contributed by atoms with Crippen LogP contribution in [0.25, 0.3) is 0 Å². The van der Waals surface area contributed by atoms with Crippen molar-refractivity contribution in [1.29, 1.82) is 5.26 Å². The van der Waals surface area contributed by atoms with Gasteiger partial charge in [-0.15, -0.1) is 0 Å². The number of nitrogens with one attached hydrogen (secondary N) is 1. The normalized spacial score (nSPS) is 29.2. The van der Waals surface area contributed by atoms with Crippen LogP contribution in [0.15, 0.2) is 0 Å². The maximum atomic E-state index is 11.7. The van der Waals surface area contributed by atoms with Gasteiger partial charge in [-0.05, 0) is 53.4 Å². The number of ether oxygens (including phenoxy) is 1. The van der Waals surface area contributed by atoms with E-state index < -0.39 is 5.60 Å². The Balaban J connectivity index is 2.46. The molecule has 0 unspecified atom stereocenters. The van der Waals surface area contributed by atoms with E-state index in [0.29, 0.717) is 0 Å². The monoisotopic (exact) mass is 238 g/mol. The standard InChI is InChI=1S/C13H22N2O2/c1-12(2,3)17-11(16)15-13(4)7-5-10(9-14)6-8-13/h10H,5-8H2,1-4H3,(H,15,16). The number of amides is 1. The molecule has 0 atom stereocenters. The maximum absolute atomic E-state index is 11.7. The molecule has 1 fully saturated rings. The van der Waals surface area contributed by atoms with Crippen LogP contribution in [0.1, 0.15) is 53.4 Å². The minimum absolute atomic E-state index is 0.142. The van der Waals surface area contributed by atoms with E-state index in [2.05, 4.69) is 11.4 Å². The van der Waals surface area contributed by atoms with E-state index in [4.69, 9.17) is 10.00 Å². The lowest BCUT2D eigenvalue weighted by Gasteiger charge is -2.36. The molecule has 0 aliphatic heterocycles. The second kappa shape index (κ2) is 4.95. The van der Waals surface area contributed by atoms with Crippen LogP contribution in [0.3, 0.4) is 0 Å². The molecule has 1 aliphatic rings. The molecule has 0 aromatic heterocycles. The molecule has 1 N–H and O–H groups in total. The van der Waals surface area contributed by atoms with Gasteiger partial charge in [-0.2, -0.15) is 5.26 Å². The zero-order chi connectivity index (χ0) is 13.1. The van der Waals surface area contributed by atoms with Gasteiger partial charge in [0.05, 0.1) is 6.07 Å². The molecule has 1 saturated carbocycles. The van der Waals surface area contributed by atoms with Crippen molar-refractivity contribution in [1.82, 2.24) is 5.32 Å². The molecule has 4 heteroatoms. The Morgan fingerprint density at radius 2 is 1.94 bits per heavy atom. The van der Waals surface area contributed by atoms with Crippen molar-refractivity contribution >= 4 is 6.09 Å². The van der Waals surface area contributed by atoms with Gasteiger partial charge in [-0.3, -0.25) is 0 Å². The second-order valence-corrected chi connectivity index (χ2v) is 6.09. The van der Waals surface area contributed by atoms with Gasteiger partial charge in [-0.25, -0.2) is 4.79 Å². The van der Waals surface area contributed by atoms with E-state index in [1.54, 1.807) is 0 Å². The number of carbonyl (C=O) groups excluding carboxylic acids is 1. The number of hydrogen-bond donors (Lipinski definition) is 1. The van der Waals surface area contributed by atoms with Crippen LogP contribution < -0.4 is 5.32 Å². The first-order chi connectivity index (χ1) is 7.74. The summed E-state index contributed by atoms with van der Waals surface area (Å²) in [4.78, 5) is 11.7. The molecule has 4 nitrogen and oxygen atoms in total. The van der Waals surface area contributed by atoms with Crippen LogP contribution in [0.5, 0.6) is 0 Å². The molecule has 0 saturated heterocycles. The van der Waals surface area contributed by atoms with Crippen LogP contribution in [0.2, 0.25) is 0 Å². The van der Waals surface area contributed by atoms with Crippen molar-refractivity contribution in [2.45, 2.75) is 64.5 Å². The van der Waals surface area contributed by atoms with E-state index in [-0.39, 0.29) is 17.6 Å². The maximum Gasteiger partial charge on any atom is 0.408 e. The Hall–Kier alpha value is -1.24. The molecule has 0 spiro atoms. The highest BCUT2D eigenvalue weighted by Crippen LogP contribution is 2.31. The molecule has 1 aliphatic carbocycles. The van der Waals surface area contributed by atoms with Gasteiger partial charge in [-0.1, -0.05) is 0 Å². The van der Waals surface area contributed by atoms with Crippen molar-refractivity contribution in [3.05, 3.63) is 0 Å². The summed E-state index contributed by atoms with van der Waals surface area (Å²) in [6.07, 6.45) is 3.01. The van der Waals surface area contributed by atoms with E-state index >= 15 is 0 Å². The third kappa shape index (κ3) is 4.64. The van der Waals surface area contributed by atoms with E-state index in [1.165, 1.54) is 0 Å². The van der Waals surface area contributed by atoms with Gasteiger partial charge in [0.25, 0.3) is 0 Å². The highest BCUT2D eigenvalue weighted by atomic mass is 16.6. The Kier molecular flexibility index (Phi) is 4.03. The van der Waals surface area contributed by atoms with Crippen molar-refractivity contribution in [2.24, 2.45) is 5.92 Å². The highest BCUT2D eigenvalue weighted by molar-refractivity contribution is 5.68. The third-order valence-corrected chi connectivity index (χ3v) is 3.07. The van der Waals surface area contributed by atoms with Gasteiger partial charge in [0.15, 0.2) is 0 Å². The summed E-state index contributed by atoms with van der Waals surface area (Å²) < 4.78 is 5.24. The van der Waals surface area contributed by atoms with Gasteiger partial charge in [0, 0.05) is 11.5 Å². The molecule has 0 aromatic carbocycles. The topological polar surface area (TPSA) is 62.1 Å². The number of rotatable bonds is 1. The molecule has 0 aromatic rings. The summed E-state index contributed by atoms with van der Waals surface area (Å²) in [7, 11) is 0. The van der Waals surface area contributed by atoms with Crippen LogP contribution >= 0.6 is 0 Å². The molecular weight excluding hydrogens is 216 g/mol. The smallest absolute Gasteiger partial charge is 0.408 e. The van der Waals surface area contributed by atoms with Crippen molar-refractivity contribution < 1.29 is 9.53 Å². The summed E-state index contributed by atoms with van der Waals surface area (Å²) in [5.74, 6) is 0.142. The quantitative estimate of drug-likeness (QED) is 0.763. The fraction of sp³-hybridized carbons (Fsp3) is 0.846. The lowest BCUT2D eigenvalue weighted by Crippen LogP contribution is -2.49. The first kappa shape index (κ1) is 13.8. The molecular formula is C13H22N2O2. The number of nitriles is 1. The molecule has 0 heterocycles. The number of hydrogen-bond acceptors (Lipinski definition) is 3. The van der Waals surface area contributed by atoms with Crippen LogP contribution in [-0.2, 0) is 4.74 Å². The largest absolute Gasteiger partial charge is 0.444 e. The Labute approximate surface area is 103 Å². The lowest BCUT2D eigenvalue weighted by atomic mass is 9.78. The molecule has 96 valence electrons. The first-order valence-corrected chi connectivity index (χ1v) is 6.15. The summed E-state index contributed by atoms with van der Waals surface area (Å²) in [5, 5.41) is 11.8. The minimum atomic E-state index is -0.468. The SMILES string of the molecule is CC1(NC(=O)OC(C)(C)C)CCC(C#N)CC1. The summed E-state index contributed by atoms with van der Waals surface area (Å²) in [6.45, 7) is 7.56. The van der Waals surface area contributed by atoms with E-state index in [1.807, 2.05) is 27.7 Å². The minimum Gasteiger partial charge on any atom is -0.444 e. The van der Waals surface area contributed by atoms with Gasteiger partial charge in [0.1, 0.15) is 5.60 Å². The number of nitrogens with zero attached hydrogens (tertiary/aromatic N) is 1. The molecule has 1 amide bonds. The zero-order valence-electron chi connectivity index (χ0n) is 11.2. The molecule has 1 rings (SSSR count). The van der Waals surface area contributed by atoms with Gasteiger partial charge < -0.3 is 10.1 Å². The Bertz CT molecular complexity index is 317. The number of carbonyl (C=O) groups is 1. The Morgan fingerprint density at radius 1 is 1.41 bits per heavy atom. The van der Waals surface area contributed by atoms with Crippen LogP contribution in [0, 0.1) is 17.2 Å². The lowest BCUT2D eigenvalue weighted by molar-refractivity contribution is 0.0432. The van der Waals surface area contributed by atoms with Crippen molar-refractivity contribution in [3.8, 4) is 6.07 Å². The third-order valence-electron chi connectivity index (χ3n) is 3.07. The van der Waals surface area contributed by atoms with Gasteiger partial charge >= 0.3 is 6.09 Å². The predicted octanol–water partition coefficient (Wildman–Crippen LogP) is 2.98. The van der Waals surface area contributed by atoms with Crippen LogP contribution in [-0.4, -0.2) is 17.2 Å². The van der Waals surface area contributed by atoms with Crippen molar-refractivity contribution in [2.75, 3.05) is 0 Å². The number of alkyl carbamates (subject to hydrolysis) is 1. The summed E-state index contributed by atoms with van der Waals surface area (Å²) in [6, 6.07) is 2.29. The van der Waals surface area contributed by atoms with E-state index in [0.717, 1.165) is 25.7 Å². The highest BCUT2D eigenvalue weighted by Gasteiger charge is 2.33. The molecule has 0 bridgehead atoms. The van der Waals surface area contributed by atoms with Gasteiger partial charge in [0.2, 0.25) is 0 Å². The average Bonchev–Trinajstić information content (AvgIpc) is 2.15. The van der Waals surface area contributed by atoms with Crippen LogP contribution in [0.4, 0.5) is 4.79 Å². The van der Waals surface area contributed by atoms with E-state index in [9.17, 15) is 4.79 Å². The summed E-state index contributed by atoms with van der Waals surface area (Å²) in [5.41, 5.74) is -0.694.